The Hall–Kier alpha value is -0.0800. The predicted molar refractivity (Wildman–Crippen MR) is 90.4 cm³/mol. The molecule has 0 aromatic rings. The smallest absolute Gasteiger partial charge is 0.0596 e. The van der Waals surface area contributed by atoms with Crippen molar-refractivity contribution in [2.24, 2.45) is 40.4 Å². The SMILES string of the molecule is C[C@@H]1CCC(O)[C@@]2(C)CC[C@H]3[C@H](C)CC(O)[C@@H](C[C@H]12)C3(C)C. The fraction of sp³-hybridized carbons (Fsp3) is 1.00. The van der Waals surface area contributed by atoms with Crippen LogP contribution in [0.1, 0.15) is 73.1 Å². The molecule has 2 unspecified atom stereocenters. The first-order chi connectivity index (χ1) is 10.2. The molecule has 0 aromatic heterocycles. The highest BCUT2D eigenvalue weighted by Crippen LogP contribution is 2.60. The summed E-state index contributed by atoms with van der Waals surface area (Å²) in [5.41, 5.74) is 0.280. The zero-order valence-corrected chi connectivity index (χ0v) is 15.2. The molecule has 0 amide bonds. The molecular formula is C20H36O2. The lowest BCUT2D eigenvalue weighted by molar-refractivity contribution is -0.149. The van der Waals surface area contributed by atoms with Gasteiger partial charge in [-0.1, -0.05) is 34.6 Å². The van der Waals surface area contributed by atoms with Gasteiger partial charge >= 0.3 is 0 Å². The molecule has 0 aliphatic heterocycles. The second-order valence-electron chi connectivity index (χ2n) is 9.77. The van der Waals surface area contributed by atoms with Crippen LogP contribution in [0.3, 0.4) is 0 Å². The fourth-order valence-corrected chi connectivity index (χ4v) is 6.77. The van der Waals surface area contributed by atoms with Crippen LogP contribution in [-0.4, -0.2) is 22.4 Å². The molecule has 3 rings (SSSR count). The van der Waals surface area contributed by atoms with Gasteiger partial charge < -0.3 is 10.2 Å². The molecule has 2 bridgehead atoms. The van der Waals surface area contributed by atoms with Gasteiger partial charge in [0.15, 0.2) is 0 Å². The summed E-state index contributed by atoms with van der Waals surface area (Å²) >= 11 is 0. The number of hydrogen-bond donors (Lipinski definition) is 2. The standard InChI is InChI=1S/C20H36O2/c1-12-6-7-18(22)20(5)9-8-14-13(2)10-17(21)16(11-15(12)20)19(14,3)4/h12-18,21-22H,6-11H2,1-5H3/t12-,13-,14+,15-,16-,17?,18?,20+/m1/s1. The van der Waals surface area contributed by atoms with Gasteiger partial charge in [-0.05, 0) is 78.9 Å². The molecule has 0 spiro atoms. The van der Waals surface area contributed by atoms with E-state index in [0.29, 0.717) is 29.6 Å². The third-order valence-corrected chi connectivity index (χ3v) is 8.37. The highest BCUT2D eigenvalue weighted by molar-refractivity contribution is 5.04. The lowest BCUT2D eigenvalue weighted by Gasteiger charge is -2.59. The van der Waals surface area contributed by atoms with Crippen molar-refractivity contribution in [1.82, 2.24) is 0 Å². The molecule has 22 heavy (non-hydrogen) atoms. The Kier molecular flexibility index (Phi) is 4.18. The normalized spacial score (nSPS) is 55.0. The van der Waals surface area contributed by atoms with E-state index < -0.39 is 0 Å². The second kappa shape index (κ2) is 5.48. The van der Waals surface area contributed by atoms with Gasteiger partial charge in [-0.25, -0.2) is 0 Å². The first-order valence-corrected chi connectivity index (χ1v) is 9.54. The molecule has 0 heterocycles. The molecule has 3 aliphatic carbocycles. The van der Waals surface area contributed by atoms with E-state index in [1.54, 1.807) is 0 Å². The maximum atomic E-state index is 10.8. The first-order valence-electron chi connectivity index (χ1n) is 9.54. The van der Waals surface area contributed by atoms with Gasteiger partial charge in [-0.3, -0.25) is 0 Å². The molecule has 128 valence electrons. The molecule has 3 fully saturated rings. The van der Waals surface area contributed by atoms with Gasteiger partial charge in [0, 0.05) is 0 Å². The zero-order chi connectivity index (χ0) is 16.3. The Morgan fingerprint density at radius 2 is 1.45 bits per heavy atom. The average molecular weight is 309 g/mol. The zero-order valence-electron chi connectivity index (χ0n) is 15.2. The highest BCUT2D eigenvalue weighted by Gasteiger charge is 2.55. The third kappa shape index (κ3) is 2.36. The van der Waals surface area contributed by atoms with Crippen LogP contribution in [0.4, 0.5) is 0 Å². The Balaban J connectivity index is 1.98. The van der Waals surface area contributed by atoms with Crippen molar-refractivity contribution in [2.45, 2.75) is 85.4 Å². The van der Waals surface area contributed by atoms with Crippen LogP contribution in [0.5, 0.6) is 0 Å². The van der Waals surface area contributed by atoms with Crippen molar-refractivity contribution in [3.05, 3.63) is 0 Å². The Morgan fingerprint density at radius 3 is 2.14 bits per heavy atom. The molecule has 2 nitrogen and oxygen atoms in total. The number of aliphatic hydroxyl groups excluding tert-OH is 2. The van der Waals surface area contributed by atoms with E-state index in [9.17, 15) is 10.2 Å². The van der Waals surface area contributed by atoms with Gasteiger partial charge in [0.2, 0.25) is 0 Å². The van der Waals surface area contributed by atoms with Crippen molar-refractivity contribution >= 4 is 0 Å². The molecule has 3 saturated carbocycles. The van der Waals surface area contributed by atoms with Gasteiger partial charge in [0.25, 0.3) is 0 Å². The molecule has 3 aliphatic rings. The number of hydrogen-bond acceptors (Lipinski definition) is 2. The van der Waals surface area contributed by atoms with E-state index in [0.717, 1.165) is 32.1 Å². The number of rotatable bonds is 0. The van der Waals surface area contributed by atoms with E-state index in [4.69, 9.17) is 0 Å². The topological polar surface area (TPSA) is 40.5 Å². The van der Waals surface area contributed by atoms with Gasteiger partial charge in [-0.15, -0.1) is 0 Å². The van der Waals surface area contributed by atoms with E-state index >= 15 is 0 Å². The summed E-state index contributed by atoms with van der Waals surface area (Å²) in [5.74, 6) is 2.91. The second-order valence-corrected chi connectivity index (χ2v) is 9.77. The molecule has 0 saturated heterocycles. The maximum Gasteiger partial charge on any atom is 0.0596 e. The summed E-state index contributed by atoms with van der Waals surface area (Å²) in [7, 11) is 0. The molecule has 0 radical (unpaired) electrons. The van der Waals surface area contributed by atoms with Crippen molar-refractivity contribution < 1.29 is 10.2 Å². The van der Waals surface area contributed by atoms with Crippen molar-refractivity contribution in [3.63, 3.8) is 0 Å². The summed E-state index contributed by atoms with van der Waals surface area (Å²) in [4.78, 5) is 0. The summed E-state index contributed by atoms with van der Waals surface area (Å²) < 4.78 is 0. The minimum Gasteiger partial charge on any atom is -0.393 e. The lowest BCUT2D eigenvalue weighted by atomic mass is 9.47. The van der Waals surface area contributed by atoms with E-state index in [2.05, 4.69) is 34.6 Å². The van der Waals surface area contributed by atoms with Gasteiger partial charge in [0.05, 0.1) is 12.2 Å². The molecule has 2 N–H and O–H groups in total. The number of aliphatic hydroxyl groups is 2. The number of fused-ring (bicyclic) bond motifs is 3. The quantitative estimate of drug-likeness (QED) is 0.702. The summed E-state index contributed by atoms with van der Waals surface area (Å²) in [6.45, 7) is 11.8. The lowest BCUT2D eigenvalue weighted by Crippen LogP contribution is -2.55. The maximum absolute atomic E-state index is 10.8. The monoisotopic (exact) mass is 308 g/mol. The van der Waals surface area contributed by atoms with Crippen molar-refractivity contribution in [3.8, 4) is 0 Å². The van der Waals surface area contributed by atoms with Gasteiger partial charge in [0.1, 0.15) is 0 Å². The van der Waals surface area contributed by atoms with Crippen molar-refractivity contribution in [2.75, 3.05) is 0 Å². The molecule has 0 aromatic carbocycles. The average Bonchev–Trinajstić information content (AvgIpc) is 2.40. The highest BCUT2D eigenvalue weighted by atomic mass is 16.3. The Bertz CT molecular complexity index is 418. The van der Waals surface area contributed by atoms with E-state index in [1.807, 2.05) is 0 Å². The van der Waals surface area contributed by atoms with Gasteiger partial charge in [-0.2, -0.15) is 0 Å². The van der Waals surface area contributed by atoms with Crippen LogP contribution in [-0.2, 0) is 0 Å². The van der Waals surface area contributed by atoms with Crippen LogP contribution in [0, 0.1) is 40.4 Å². The fourth-order valence-electron chi connectivity index (χ4n) is 6.77. The van der Waals surface area contributed by atoms with Crippen LogP contribution >= 0.6 is 0 Å². The van der Waals surface area contributed by atoms with Crippen molar-refractivity contribution in [1.29, 1.82) is 0 Å². The molecule has 8 atom stereocenters. The molecular weight excluding hydrogens is 272 g/mol. The summed E-state index contributed by atoms with van der Waals surface area (Å²) in [6, 6.07) is 0. The van der Waals surface area contributed by atoms with Crippen LogP contribution < -0.4 is 0 Å². The minimum atomic E-state index is -0.158. The van der Waals surface area contributed by atoms with E-state index in [1.165, 1.54) is 6.42 Å². The first kappa shape index (κ1) is 16.8. The molecule has 2 heteroatoms. The Morgan fingerprint density at radius 1 is 0.773 bits per heavy atom. The summed E-state index contributed by atoms with van der Waals surface area (Å²) in [6.07, 6.45) is 6.25. The van der Waals surface area contributed by atoms with Crippen LogP contribution in [0.2, 0.25) is 0 Å². The third-order valence-electron chi connectivity index (χ3n) is 8.37. The minimum absolute atomic E-state index is 0.0570. The Labute approximate surface area is 136 Å². The largest absolute Gasteiger partial charge is 0.393 e. The van der Waals surface area contributed by atoms with E-state index in [-0.39, 0.29) is 23.0 Å². The van der Waals surface area contributed by atoms with Crippen LogP contribution in [0.15, 0.2) is 0 Å². The van der Waals surface area contributed by atoms with Crippen LogP contribution in [0.25, 0.3) is 0 Å². The predicted octanol–water partition coefficient (Wildman–Crippen LogP) is 4.24. The summed E-state index contributed by atoms with van der Waals surface area (Å²) in [5, 5.41) is 21.6.